The summed E-state index contributed by atoms with van der Waals surface area (Å²) in [6, 6.07) is 25.7. The number of unbranched alkanes of at least 4 members (excludes halogenated alkanes) is 1. The van der Waals surface area contributed by atoms with E-state index in [2.05, 4.69) is 56.5 Å². The number of nitrogens with one attached hydrogen (secondary N) is 4. The normalized spacial score (nSPS) is 19.9. The van der Waals surface area contributed by atoms with Crippen LogP contribution in [0.1, 0.15) is 80.6 Å². The largest absolute Gasteiger partial charge is 0.506 e. The van der Waals surface area contributed by atoms with Gasteiger partial charge in [-0.2, -0.15) is 0 Å². The number of phenols is 1. The van der Waals surface area contributed by atoms with Crippen molar-refractivity contribution in [2.24, 2.45) is 5.92 Å². The van der Waals surface area contributed by atoms with Crippen molar-refractivity contribution in [2.75, 3.05) is 44.6 Å². The third-order valence-corrected chi connectivity index (χ3v) is 12.3. The number of likely N-dealkylation sites (tertiary alicyclic amines) is 1. The first-order chi connectivity index (χ1) is 27.3. The van der Waals surface area contributed by atoms with Crippen LogP contribution in [0.4, 0.5) is 5.69 Å². The SMILES string of the molecule is O=C(NCCCCNC[C@H](O)c1ccc(O)c2c1C=CC(O)N2)c1ccc(CNC2(C(=O)OCC3CCN(Cc4ccccc4)CC3)CCc3ccccc32)s1. The van der Waals surface area contributed by atoms with Crippen LogP contribution in [0.2, 0.25) is 0 Å². The van der Waals surface area contributed by atoms with Gasteiger partial charge in [0.25, 0.3) is 5.91 Å². The van der Waals surface area contributed by atoms with Gasteiger partial charge in [-0.15, -0.1) is 11.3 Å². The van der Waals surface area contributed by atoms with Crippen LogP contribution < -0.4 is 21.3 Å². The van der Waals surface area contributed by atoms with Gasteiger partial charge in [0, 0.05) is 36.6 Å². The van der Waals surface area contributed by atoms with E-state index in [4.69, 9.17) is 4.74 Å². The van der Waals surface area contributed by atoms with Gasteiger partial charge in [-0.3, -0.25) is 15.0 Å². The summed E-state index contributed by atoms with van der Waals surface area (Å²) in [5.41, 5.74) is 4.26. The Kier molecular flexibility index (Phi) is 13.2. The summed E-state index contributed by atoms with van der Waals surface area (Å²) in [6.07, 6.45) is 6.59. The van der Waals surface area contributed by atoms with Crippen LogP contribution in [0, 0.1) is 5.92 Å². The fourth-order valence-electron chi connectivity index (χ4n) is 8.02. The lowest BCUT2D eigenvalue weighted by Gasteiger charge is -2.33. The standard InChI is InChI=1S/C44H53N5O6S/c50-37-15-13-34(35-14-17-40(52)48-41(35)37)38(51)27-45-22-6-7-23-46-42(53)39-16-12-33(56-39)26-47-44(21-18-32-10-4-5-11-36(32)44)43(54)55-29-31-19-24-49(25-20-31)28-30-8-2-1-3-9-30/h1-5,8-17,31,38,40,45,47-48,50-52H,6-7,18-29H2,(H,46,53)/t38-,40?,44?/m0/s1. The molecule has 0 spiro atoms. The molecule has 3 atom stereocenters. The van der Waals surface area contributed by atoms with Gasteiger partial charge in [-0.1, -0.05) is 66.7 Å². The number of aliphatic hydroxyl groups excluding tert-OH is 2. The number of aryl methyl sites for hydroxylation is 1. The molecule has 3 heterocycles. The van der Waals surface area contributed by atoms with Gasteiger partial charge in [0.15, 0.2) is 0 Å². The molecule has 7 rings (SSSR count). The highest BCUT2D eigenvalue weighted by Crippen LogP contribution is 2.39. The smallest absolute Gasteiger partial charge is 0.331 e. The van der Waals surface area contributed by atoms with Crippen molar-refractivity contribution in [3.8, 4) is 5.75 Å². The molecule has 0 radical (unpaired) electrons. The third kappa shape index (κ3) is 9.51. The predicted molar refractivity (Wildman–Crippen MR) is 219 cm³/mol. The van der Waals surface area contributed by atoms with Crippen molar-refractivity contribution >= 4 is 35.0 Å². The Morgan fingerprint density at radius 2 is 1.77 bits per heavy atom. The average molecular weight is 780 g/mol. The van der Waals surface area contributed by atoms with E-state index in [0.29, 0.717) is 66.8 Å². The van der Waals surface area contributed by atoms with E-state index in [-0.39, 0.29) is 17.6 Å². The molecule has 3 aliphatic rings. The van der Waals surface area contributed by atoms with Crippen LogP contribution in [0.15, 0.2) is 84.9 Å². The first kappa shape index (κ1) is 39.7. The zero-order chi connectivity index (χ0) is 38.9. The summed E-state index contributed by atoms with van der Waals surface area (Å²) in [5.74, 6) is 0.0190. The van der Waals surface area contributed by atoms with Crippen LogP contribution in [0.3, 0.4) is 0 Å². The quantitative estimate of drug-likeness (QED) is 0.0420. The Hall–Kier alpha value is -4.56. The first-order valence-corrected chi connectivity index (χ1v) is 20.6. The Bertz CT molecular complexity index is 1980. The van der Waals surface area contributed by atoms with Crippen molar-refractivity contribution in [1.82, 2.24) is 20.9 Å². The lowest BCUT2D eigenvalue weighted by molar-refractivity contribution is -0.154. The van der Waals surface area contributed by atoms with Crippen molar-refractivity contribution < 1.29 is 29.6 Å². The molecular weight excluding hydrogens is 727 g/mol. The number of carbonyl (C=O) groups excluding carboxylic acids is 2. The molecule has 1 amide bonds. The topological polar surface area (TPSA) is 155 Å². The van der Waals surface area contributed by atoms with Gasteiger partial charge in [-0.05, 0) is 111 Å². The molecule has 2 unspecified atom stereocenters. The summed E-state index contributed by atoms with van der Waals surface area (Å²) in [4.78, 5) is 31.1. The van der Waals surface area contributed by atoms with E-state index in [9.17, 15) is 24.9 Å². The molecule has 0 saturated carbocycles. The summed E-state index contributed by atoms with van der Waals surface area (Å²) in [6.45, 7) is 5.32. The number of phenolic OH excluding ortho intramolecular Hbond substituents is 1. The fraction of sp³-hybridized carbons (Fsp3) is 0.409. The number of rotatable bonds is 17. The minimum Gasteiger partial charge on any atom is -0.506 e. The first-order valence-electron chi connectivity index (χ1n) is 19.8. The number of benzene rings is 3. The number of amides is 1. The van der Waals surface area contributed by atoms with Gasteiger partial charge in [0.05, 0.1) is 23.3 Å². The molecule has 4 aromatic rings. The minimum atomic E-state index is -0.928. The van der Waals surface area contributed by atoms with E-state index in [1.165, 1.54) is 23.0 Å². The molecule has 3 aromatic carbocycles. The molecule has 1 aliphatic carbocycles. The fourth-order valence-corrected chi connectivity index (χ4v) is 8.89. The number of piperidine rings is 1. The van der Waals surface area contributed by atoms with Crippen LogP contribution in [0.25, 0.3) is 6.08 Å². The van der Waals surface area contributed by atoms with Gasteiger partial charge in [0.1, 0.15) is 17.5 Å². The molecule has 1 saturated heterocycles. The van der Waals surface area contributed by atoms with E-state index in [0.717, 1.165) is 67.7 Å². The highest BCUT2D eigenvalue weighted by Gasteiger charge is 2.46. The Morgan fingerprint density at radius 1 is 0.982 bits per heavy atom. The number of hydrogen-bond acceptors (Lipinski definition) is 11. The van der Waals surface area contributed by atoms with Gasteiger partial charge < -0.3 is 36.0 Å². The van der Waals surface area contributed by atoms with Crippen molar-refractivity contribution in [2.45, 2.75) is 69.5 Å². The second-order valence-electron chi connectivity index (χ2n) is 15.1. The Labute approximate surface area is 332 Å². The van der Waals surface area contributed by atoms with Crippen LogP contribution in [-0.4, -0.2) is 77.7 Å². The van der Waals surface area contributed by atoms with E-state index in [1.807, 2.05) is 36.4 Å². The number of nitrogens with zero attached hydrogens (tertiary/aromatic N) is 1. The maximum atomic E-state index is 14.0. The minimum absolute atomic E-state index is 0.0164. The average Bonchev–Trinajstić information content (AvgIpc) is 3.86. The van der Waals surface area contributed by atoms with Gasteiger partial charge in [-0.25, -0.2) is 4.79 Å². The van der Waals surface area contributed by atoms with Gasteiger partial charge in [0.2, 0.25) is 0 Å². The molecule has 1 fully saturated rings. The highest BCUT2D eigenvalue weighted by molar-refractivity contribution is 7.14. The second-order valence-corrected chi connectivity index (χ2v) is 16.2. The summed E-state index contributed by atoms with van der Waals surface area (Å²) in [5, 5.41) is 43.4. The Morgan fingerprint density at radius 3 is 2.61 bits per heavy atom. The number of thiophene rings is 1. The summed E-state index contributed by atoms with van der Waals surface area (Å²) >= 11 is 1.43. The zero-order valence-corrected chi connectivity index (χ0v) is 32.5. The van der Waals surface area contributed by atoms with E-state index in [1.54, 1.807) is 18.2 Å². The number of ether oxygens (including phenoxy) is 1. The van der Waals surface area contributed by atoms with Gasteiger partial charge >= 0.3 is 5.97 Å². The predicted octanol–water partition coefficient (Wildman–Crippen LogP) is 5.43. The molecule has 1 aromatic heterocycles. The maximum absolute atomic E-state index is 14.0. The molecular formula is C44H53N5O6S. The number of carbonyl (C=O) groups is 2. The van der Waals surface area contributed by atoms with Crippen LogP contribution in [-0.2, 0) is 34.6 Å². The van der Waals surface area contributed by atoms with Crippen molar-refractivity contribution in [1.29, 1.82) is 0 Å². The van der Waals surface area contributed by atoms with Crippen LogP contribution in [0.5, 0.6) is 5.75 Å². The molecule has 56 heavy (non-hydrogen) atoms. The zero-order valence-electron chi connectivity index (χ0n) is 31.7. The number of esters is 1. The van der Waals surface area contributed by atoms with Crippen molar-refractivity contribution in [3.05, 3.63) is 123 Å². The molecule has 7 N–H and O–H groups in total. The molecule has 12 heteroatoms. The maximum Gasteiger partial charge on any atom is 0.331 e. The summed E-state index contributed by atoms with van der Waals surface area (Å²) in [7, 11) is 0. The van der Waals surface area contributed by atoms with Crippen LogP contribution >= 0.6 is 11.3 Å². The molecule has 296 valence electrons. The number of aliphatic hydroxyl groups is 2. The Balaban J connectivity index is 0.841. The number of fused-ring (bicyclic) bond motifs is 2. The van der Waals surface area contributed by atoms with Crippen molar-refractivity contribution in [3.63, 3.8) is 0 Å². The number of aromatic hydroxyl groups is 1. The number of hydrogen-bond donors (Lipinski definition) is 7. The second kappa shape index (κ2) is 18.6. The lowest BCUT2D eigenvalue weighted by Crippen LogP contribution is -2.48. The summed E-state index contributed by atoms with van der Waals surface area (Å²) < 4.78 is 6.13. The molecule has 11 nitrogen and oxygen atoms in total. The molecule has 0 bridgehead atoms. The number of anilines is 1. The highest BCUT2D eigenvalue weighted by atomic mass is 32.1. The third-order valence-electron chi connectivity index (χ3n) is 11.2. The lowest BCUT2D eigenvalue weighted by atomic mass is 9.91. The molecule has 2 aliphatic heterocycles. The monoisotopic (exact) mass is 779 g/mol. The van der Waals surface area contributed by atoms with E-state index < -0.39 is 17.9 Å². The van der Waals surface area contributed by atoms with E-state index >= 15 is 0 Å².